The number of benzene rings is 1. The second-order valence-corrected chi connectivity index (χ2v) is 7.11. The topological polar surface area (TPSA) is 38.3 Å². The van der Waals surface area contributed by atoms with Crippen LogP contribution < -0.4 is 5.32 Å². The second kappa shape index (κ2) is 6.82. The maximum Gasteiger partial charge on any atom is 0.331 e. The van der Waals surface area contributed by atoms with Crippen LogP contribution in [-0.4, -0.2) is 18.6 Å². The Kier molecular flexibility index (Phi) is 5.31. The fourth-order valence-corrected chi connectivity index (χ4v) is 3.58. The molecule has 2 rings (SSSR count). The molecular weight excluding hydrogens is 330 g/mol. The van der Waals surface area contributed by atoms with Gasteiger partial charge >= 0.3 is 5.97 Å². The molecule has 3 nitrogen and oxygen atoms in total. The summed E-state index contributed by atoms with van der Waals surface area (Å²) in [6, 6.07) is 7.91. The Morgan fingerprint density at radius 3 is 2.48 bits per heavy atom. The zero-order chi connectivity index (χ0) is 15.5. The van der Waals surface area contributed by atoms with E-state index in [2.05, 4.69) is 35.1 Å². The zero-order valence-corrected chi connectivity index (χ0v) is 14.6. The van der Waals surface area contributed by atoms with Crippen LogP contribution in [0.5, 0.6) is 0 Å². The summed E-state index contributed by atoms with van der Waals surface area (Å²) in [4.78, 5) is 12.4. The van der Waals surface area contributed by atoms with Gasteiger partial charge in [-0.05, 0) is 65.6 Å². The lowest BCUT2D eigenvalue weighted by Crippen LogP contribution is -2.50. The second-order valence-electron chi connectivity index (χ2n) is 6.26. The van der Waals surface area contributed by atoms with Crippen LogP contribution in [0.15, 0.2) is 28.7 Å². The first-order chi connectivity index (χ1) is 9.98. The van der Waals surface area contributed by atoms with E-state index in [9.17, 15) is 4.79 Å². The number of methoxy groups -OCH3 is 1. The highest BCUT2D eigenvalue weighted by molar-refractivity contribution is 9.10. The van der Waals surface area contributed by atoms with Gasteiger partial charge in [-0.25, -0.2) is 4.79 Å². The van der Waals surface area contributed by atoms with Gasteiger partial charge in [0.1, 0.15) is 5.54 Å². The highest BCUT2D eigenvalue weighted by Gasteiger charge is 2.43. The molecule has 0 bridgehead atoms. The number of hydrogen-bond donors (Lipinski definition) is 1. The monoisotopic (exact) mass is 353 g/mol. The average molecular weight is 354 g/mol. The van der Waals surface area contributed by atoms with Gasteiger partial charge in [-0.15, -0.1) is 0 Å². The van der Waals surface area contributed by atoms with Crippen LogP contribution in [0.4, 0.5) is 5.69 Å². The van der Waals surface area contributed by atoms with Crippen LogP contribution in [0.2, 0.25) is 0 Å². The molecule has 1 aliphatic rings. The third-order valence-electron chi connectivity index (χ3n) is 4.65. The first-order valence-electron chi connectivity index (χ1n) is 7.59. The first-order valence-corrected chi connectivity index (χ1v) is 8.39. The first kappa shape index (κ1) is 16.3. The molecule has 0 saturated heterocycles. The van der Waals surface area contributed by atoms with Crippen LogP contribution >= 0.6 is 15.9 Å². The Bertz CT molecular complexity index is 493. The number of carbonyl (C=O) groups excluding carboxylic acids is 1. The van der Waals surface area contributed by atoms with Crippen LogP contribution in [-0.2, 0) is 9.53 Å². The zero-order valence-electron chi connectivity index (χ0n) is 13.0. The van der Waals surface area contributed by atoms with E-state index in [0.29, 0.717) is 11.8 Å². The summed E-state index contributed by atoms with van der Waals surface area (Å²) in [5.41, 5.74) is 0.357. The summed E-state index contributed by atoms with van der Waals surface area (Å²) in [6.45, 7) is 4.52. The Morgan fingerprint density at radius 1 is 1.33 bits per heavy atom. The quantitative estimate of drug-likeness (QED) is 0.802. The number of rotatable bonds is 4. The molecule has 0 aliphatic heterocycles. The van der Waals surface area contributed by atoms with Crippen molar-refractivity contribution in [1.29, 1.82) is 0 Å². The van der Waals surface area contributed by atoms with Gasteiger partial charge in [-0.1, -0.05) is 26.0 Å². The molecule has 1 saturated carbocycles. The van der Waals surface area contributed by atoms with Crippen LogP contribution in [0.3, 0.4) is 0 Å². The number of ether oxygens (including phenoxy) is 1. The van der Waals surface area contributed by atoms with Gasteiger partial charge in [-0.3, -0.25) is 0 Å². The van der Waals surface area contributed by atoms with Crippen LogP contribution in [0, 0.1) is 11.8 Å². The molecule has 0 spiro atoms. The van der Waals surface area contributed by atoms with E-state index in [-0.39, 0.29) is 5.97 Å². The molecule has 21 heavy (non-hydrogen) atoms. The molecule has 4 heteroatoms. The van der Waals surface area contributed by atoms with E-state index in [1.54, 1.807) is 0 Å². The molecule has 0 radical (unpaired) electrons. The highest BCUT2D eigenvalue weighted by Crippen LogP contribution is 2.39. The minimum atomic E-state index is -0.593. The van der Waals surface area contributed by atoms with Crippen molar-refractivity contribution in [3.8, 4) is 0 Å². The smallest absolute Gasteiger partial charge is 0.331 e. The standard InChI is InChI=1S/C17H24BrNO2/c1-12(2)13-8-10-17(11-9-13,16(20)21-3)19-15-7-5-4-6-14(15)18/h4-7,12-13,19H,8-11H2,1-3H3. The van der Waals surface area contributed by atoms with Gasteiger partial charge in [-0.2, -0.15) is 0 Å². The lowest BCUT2D eigenvalue weighted by atomic mass is 9.72. The summed E-state index contributed by atoms with van der Waals surface area (Å²) in [5, 5.41) is 3.45. The molecule has 1 aliphatic carbocycles. The Labute approximate surface area is 135 Å². The van der Waals surface area contributed by atoms with Crippen LogP contribution in [0.25, 0.3) is 0 Å². The van der Waals surface area contributed by atoms with Crippen molar-refractivity contribution in [1.82, 2.24) is 0 Å². The number of carbonyl (C=O) groups is 1. The molecule has 1 fully saturated rings. The Balaban J connectivity index is 2.20. The summed E-state index contributed by atoms with van der Waals surface area (Å²) in [5.74, 6) is 1.22. The Hall–Kier alpha value is -1.03. The van der Waals surface area contributed by atoms with Crippen molar-refractivity contribution in [2.45, 2.75) is 45.1 Å². The van der Waals surface area contributed by atoms with Gasteiger partial charge in [0.2, 0.25) is 0 Å². The summed E-state index contributed by atoms with van der Waals surface area (Å²) in [6.07, 6.45) is 3.77. The van der Waals surface area contributed by atoms with E-state index in [0.717, 1.165) is 35.8 Å². The Morgan fingerprint density at radius 2 is 1.95 bits per heavy atom. The summed E-state index contributed by atoms with van der Waals surface area (Å²) in [7, 11) is 1.47. The number of para-hydroxylation sites is 1. The maximum absolute atomic E-state index is 12.4. The van der Waals surface area contributed by atoms with Gasteiger partial charge in [0.25, 0.3) is 0 Å². The van der Waals surface area contributed by atoms with Crippen LogP contribution in [0.1, 0.15) is 39.5 Å². The molecule has 0 amide bonds. The van der Waals surface area contributed by atoms with Gasteiger partial charge in [0, 0.05) is 10.2 Å². The highest BCUT2D eigenvalue weighted by atomic mass is 79.9. The predicted octanol–water partition coefficient (Wildman–Crippen LogP) is 4.62. The predicted molar refractivity (Wildman–Crippen MR) is 89.3 cm³/mol. The number of halogens is 1. The van der Waals surface area contributed by atoms with Gasteiger partial charge < -0.3 is 10.1 Å². The SMILES string of the molecule is COC(=O)C1(Nc2ccccc2Br)CCC(C(C)C)CC1. The summed E-state index contributed by atoms with van der Waals surface area (Å²) >= 11 is 3.54. The van der Waals surface area contributed by atoms with Crippen molar-refractivity contribution < 1.29 is 9.53 Å². The van der Waals surface area contributed by atoms with Crippen molar-refractivity contribution in [3.63, 3.8) is 0 Å². The van der Waals surface area contributed by atoms with Gasteiger partial charge in [0.15, 0.2) is 0 Å². The number of anilines is 1. The molecule has 0 aromatic heterocycles. The van der Waals surface area contributed by atoms with Crippen molar-refractivity contribution >= 4 is 27.6 Å². The fraction of sp³-hybridized carbons (Fsp3) is 0.588. The minimum Gasteiger partial charge on any atom is -0.467 e. The minimum absolute atomic E-state index is 0.152. The van der Waals surface area contributed by atoms with E-state index >= 15 is 0 Å². The van der Waals surface area contributed by atoms with Gasteiger partial charge in [0.05, 0.1) is 7.11 Å². The van der Waals surface area contributed by atoms with E-state index in [1.165, 1.54) is 7.11 Å². The third kappa shape index (κ3) is 3.60. The molecule has 1 N–H and O–H groups in total. The molecule has 1 aromatic carbocycles. The molecule has 0 heterocycles. The number of hydrogen-bond acceptors (Lipinski definition) is 3. The molecule has 0 unspecified atom stereocenters. The third-order valence-corrected chi connectivity index (χ3v) is 5.34. The number of esters is 1. The fourth-order valence-electron chi connectivity index (χ4n) is 3.20. The van der Waals surface area contributed by atoms with E-state index in [4.69, 9.17) is 4.74 Å². The average Bonchev–Trinajstić information content (AvgIpc) is 2.49. The molecule has 0 atom stereocenters. The molecule has 1 aromatic rings. The van der Waals surface area contributed by atoms with Crippen molar-refractivity contribution in [2.24, 2.45) is 11.8 Å². The van der Waals surface area contributed by atoms with Crippen molar-refractivity contribution in [2.75, 3.05) is 12.4 Å². The van der Waals surface area contributed by atoms with E-state index in [1.807, 2.05) is 24.3 Å². The summed E-state index contributed by atoms with van der Waals surface area (Å²) < 4.78 is 6.06. The normalized spacial score (nSPS) is 25.7. The molecular formula is C17H24BrNO2. The lowest BCUT2D eigenvalue weighted by molar-refractivity contribution is -0.147. The maximum atomic E-state index is 12.4. The van der Waals surface area contributed by atoms with E-state index < -0.39 is 5.54 Å². The lowest BCUT2D eigenvalue weighted by Gasteiger charge is -2.40. The number of nitrogens with one attached hydrogen (secondary N) is 1. The van der Waals surface area contributed by atoms with Crippen molar-refractivity contribution in [3.05, 3.63) is 28.7 Å². The molecule has 116 valence electrons. The largest absolute Gasteiger partial charge is 0.467 e.